The van der Waals surface area contributed by atoms with Crippen molar-refractivity contribution < 1.29 is 18.3 Å². The van der Waals surface area contributed by atoms with E-state index in [1.165, 1.54) is 13.2 Å². The highest BCUT2D eigenvalue weighted by Gasteiger charge is 2.13. The summed E-state index contributed by atoms with van der Waals surface area (Å²) in [7, 11) is 1.29. The van der Waals surface area contributed by atoms with E-state index in [2.05, 4.69) is 4.74 Å². The second kappa shape index (κ2) is 4.87. The number of methoxy groups -OCH3 is 1. The maximum absolute atomic E-state index is 12.9. The molecule has 0 aliphatic heterocycles. The molecule has 0 radical (unpaired) electrons. The van der Waals surface area contributed by atoms with Gasteiger partial charge in [0, 0.05) is 0 Å². The van der Waals surface area contributed by atoms with Crippen LogP contribution < -0.4 is 0 Å². The van der Waals surface area contributed by atoms with E-state index in [0.717, 1.165) is 12.1 Å². The minimum atomic E-state index is -0.899. The Hall–Kier alpha value is -1.45. The molecule has 0 aliphatic carbocycles. The van der Waals surface area contributed by atoms with Gasteiger partial charge in [0.05, 0.1) is 13.5 Å². The van der Waals surface area contributed by atoms with E-state index < -0.39 is 11.6 Å². The number of rotatable bonds is 3. The zero-order chi connectivity index (χ0) is 11.4. The van der Waals surface area contributed by atoms with Gasteiger partial charge in [-0.2, -0.15) is 0 Å². The molecule has 1 rings (SSSR count). The number of esters is 1. The molecule has 0 fully saturated rings. The van der Waals surface area contributed by atoms with Crippen molar-refractivity contribution in [3.05, 3.63) is 35.4 Å². The molecule has 0 aliphatic rings. The smallest absolute Gasteiger partial charge is 0.306 e. The Kier molecular flexibility index (Phi) is 3.77. The van der Waals surface area contributed by atoms with Crippen molar-refractivity contribution in [1.29, 1.82) is 0 Å². The predicted molar refractivity (Wildman–Crippen MR) is 51.4 cm³/mol. The summed E-state index contributed by atoms with van der Waals surface area (Å²) < 4.78 is 30.0. The van der Waals surface area contributed by atoms with Crippen LogP contribution in [0.5, 0.6) is 0 Å². The van der Waals surface area contributed by atoms with Crippen LogP contribution in [0.3, 0.4) is 0 Å². The van der Waals surface area contributed by atoms with Crippen molar-refractivity contribution in [2.45, 2.75) is 19.3 Å². The zero-order valence-electron chi connectivity index (χ0n) is 8.59. The average Bonchev–Trinajstić information content (AvgIpc) is 2.21. The number of hydrogen-bond donors (Lipinski definition) is 0. The fourth-order valence-electron chi connectivity index (χ4n) is 1.27. The van der Waals surface area contributed by atoms with Gasteiger partial charge in [-0.25, -0.2) is 8.78 Å². The summed E-state index contributed by atoms with van der Waals surface area (Å²) in [5.41, 5.74) is 0.583. The Bertz CT molecular complexity index is 364. The van der Waals surface area contributed by atoms with Gasteiger partial charge in [-0.3, -0.25) is 4.79 Å². The highest BCUT2D eigenvalue weighted by Crippen LogP contribution is 2.21. The molecule has 4 heteroatoms. The molecule has 0 N–H and O–H groups in total. The summed E-state index contributed by atoms with van der Waals surface area (Å²) in [4.78, 5) is 11.0. The Morgan fingerprint density at radius 3 is 2.60 bits per heavy atom. The topological polar surface area (TPSA) is 26.3 Å². The predicted octanol–water partition coefficient (Wildman–Crippen LogP) is 2.63. The van der Waals surface area contributed by atoms with E-state index in [0.29, 0.717) is 5.56 Å². The first-order chi connectivity index (χ1) is 7.04. The van der Waals surface area contributed by atoms with Gasteiger partial charge in [-0.1, -0.05) is 13.0 Å². The third-order valence-electron chi connectivity index (χ3n) is 2.21. The SMILES string of the molecule is COC(=O)CC(C)c1ccc(F)c(F)c1. The molecule has 1 atom stereocenters. The molecule has 1 unspecified atom stereocenters. The van der Waals surface area contributed by atoms with E-state index in [4.69, 9.17) is 0 Å². The molecule has 0 aromatic heterocycles. The maximum atomic E-state index is 12.9. The standard InChI is InChI=1S/C11H12F2O2/c1-7(5-11(14)15-2)8-3-4-9(12)10(13)6-8/h3-4,6-7H,5H2,1-2H3. The summed E-state index contributed by atoms with van der Waals surface area (Å²) in [6.45, 7) is 1.75. The molecule has 0 heterocycles. The van der Waals surface area contributed by atoms with Crippen LogP contribution in [-0.4, -0.2) is 13.1 Å². The van der Waals surface area contributed by atoms with Gasteiger partial charge >= 0.3 is 5.97 Å². The lowest BCUT2D eigenvalue weighted by Gasteiger charge is -2.10. The molecule has 0 bridgehead atoms. The summed E-state index contributed by atoms with van der Waals surface area (Å²) >= 11 is 0. The van der Waals surface area contributed by atoms with Crippen molar-refractivity contribution in [1.82, 2.24) is 0 Å². The summed E-state index contributed by atoms with van der Waals surface area (Å²) in [5, 5.41) is 0. The molecule has 1 aromatic carbocycles. The fourth-order valence-corrected chi connectivity index (χ4v) is 1.27. The molecule has 0 amide bonds. The van der Waals surface area contributed by atoms with Crippen molar-refractivity contribution in [3.8, 4) is 0 Å². The first-order valence-corrected chi connectivity index (χ1v) is 4.56. The Balaban J connectivity index is 2.78. The van der Waals surface area contributed by atoms with Gasteiger partial charge in [0.15, 0.2) is 11.6 Å². The largest absolute Gasteiger partial charge is 0.469 e. The average molecular weight is 214 g/mol. The van der Waals surface area contributed by atoms with Gasteiger partial charge in [0.1, 0.15) is 0 Å². The van der Waals surface area contributed by atoms with Gasteiger partial charge in [0.2, 0.25) is 0 Å². The first kappa shape index (κ1) is 11.6. The molecule has 15 heavy (non-hydrogen) atoms. The Morgan fingerprint density at radius 1 is 1.40 bits per heavy atom. The molecule has 82 valence electrons. The molecule has 0 saturated heterocycles. The monoisotopic (exact) mass is 214 g/mol. The number of carbonyl (C=O) groups excluding carboxylic acids is 1. The fraction of sp³-hybridized carbons (Fsp3) is 0.364. The van der Waals surface area contributed by atoms with Crippen LogP contribution in [0, 0.1) is 11.6 Å². The molecule has 0 spiro atoms. The number of hydrogen-bond acceptors (Lipinski definition) is 2. The van der Waals surface area contributed by atoms with Gasteiger partial charge in [-0.05, 0) is 23.6 Å². The van der Waals surface area contributed by atoms with Crippen molar-refractivity contribution in [3.63, 3.8) is 0 Å². The van der Waals surface area contributed by atoms with Crippen LogP contribution in [0.25, 0.3) is 0 Å². The maximum Gasteiger partial charge on any atom is 0.306 e. The quantitative estimate of drug-likeness (QED) is 0.723. The summed E-state index contributed by atoms with van der Waals surface area (Å²) in [5.74, 6) is -2.34. The Morgan fingerprint density at radius 2 is 2.07 bits per heavy atom. The number of carbonyl (C=O) groups is 1. The molecule has 2 nitrogen and oxygen atoms in total. The van der Waals surface area contributed by atoms with E-state index in [1.807, 2.05) is 0 Å². The lowest BCUT2D eigenvalue weighted by atomic mass is 9.98. The first-order valence-electron chi connectivity index (χ1n) is 4.56. The van der Waals surface area contributed by atoms with E-state index in [1.54, 1.807) is 6.92 Å². The second-order valence-corrected chi connectivity index (χ2v) is 3.35. The Labute approximate surface area is 86.9 Å². The van der Waals surface area contributed by atoms with Crippen molar-refractivity contribution >= 4 is 5.97 Å². The van der Waals surface area contributed by atoms with Crippen LogP contribution in [0.15, 0.2) is 18.2 Å². The number of ether oxygens (including phenoxy) is 1. The van der Waals surface area contributed by atoms with Gasteiger partial charge < -0.3 is 4.74 Å². The number of benzene rings is 1. The summed E-state index contributed by atoms with van der Waals surface area (Å²) in [6, 6.07) is 3.62. The lowest BCUT2D eigenvalue weighted by molar-refractivity contribution is -0.140. The van der Waals surface area contributed by atoms with E-state index in [9.17, 15) is 13.6 Å². The van der Waals surface area contributed by atoms with Gasteiger partial charge in [0.25, 0.3) is 0 Å². The van der Waals surface area contributed by atoms with E-state index >= 15 is 0 Å². The minimum absolute atomic E-state index is 0.154. The van der Waals surface area contributed by atoms with Crippen LogP contribution in [0.1, 0.15) is 24.8 Å². The molecule has 0 saturated carbocycles. The van der Waals surface area contributed by atoms with E-state index in [-0.39, 0.29) is 18.3 Å². The van der Waals surface area contributed by atoms with Crippen molar-refractivity contribution in [2.75, 3.05) is 7.11 Å². The summed E-state index contributed by atoms with van der Waals surface area (Å²) in [6.07, 6.45) is 0.154. The van der Waals surface area contributed by atoms with Crippen molar-refractivity contribution in [2.24, 2.45) is 0 Å². The van der Waals surface area contributed by atoms with Crippen LogP contribution in [-0.2, 0) is 9.53 Å². The third kappa shape index (κ3) is 3.01. The highest BCUT2D eigenvalue weighted by atomic mass is 19.2. The van der Waals surface area contributed by atoms with Crippen LogP contribution in [0.2, 0.25) is 0 Å². The third-order valence-corrected chi connectivity index (χ3v) is 2.21. The normalized spacial score (nSPS) is 12.3. The minimum Gasteiger partial charge on any atom is -0.469 e. The lowest BCUT2D eigenvalue weighted by Crippen LogP contribution is -2.06. The molecule has 1 aromatic rings. The van der Waals surface area contributed by atoms with Gasteiger partial charge in [-0.15, -0.1) is 0 Å². The zero-order valence-corrected chi connectivity index (χ0v) is 8.59. The van der Waals surface area contributed by atoms with Crippen LogP contribution >= 0.6 is 0 Å². The molecular weight excluding hydrogens is 202 g/mol. The molecular formula is C11H12F2O2. The highest BCUT2D eigenvalue weighted by molar-refractivity contribution is 5.70. The van der Waals surface area contributed by atoms with Crippen LogP contribution in [0.4, 0.5) is 8.78 Å². The number of halogens is 2. The second-order valence-electron chi connectivity index (χ2n) is 3.35.